The Morgan fingerprint density at radius 3 is 2.31 bits per heavy atom. The third-order valence-electron chi connectivity index (χ3n) is 1.33. The Labute approximate surface area is 73.1 Å². The number of benzene rings is 1. The summed E-state index contributed by atoms with van der Waals surface area (Å²) in [5, 5.41) is 16.1. The van der Waals surface area contributed by atoms with Gasteiger partial charge in [-0.05, 0) is 17.3 Å². The van der Waals surface area contributed by atoms with Crippen molar-refractivity contribution < 1.29 is 21.6 Å². The largest absolute Gasteiger partial charge is 0.412 e. The molecule has 7 nitrogen and oxygen atoms in total. The quantitative estimate of drug-likeness (QED) is 0.487. The van der Waals surface area contributed by atoms with Gasteiger partial charge in [0.15, 0.2) is 0 Å². The lowest BCUT2D eigenvalue weighted by Crippen LogP contribution is -1.90. The van der Waals surface area contributed by atoms with Crippen LogP contribution in [0, 0.1) is 0 Å². The summed E-state index contributed by atoms with van der Waals surface area (Å²) in [7, 11) is 0. The summed E-state index contributed by atoms with van der Waals surface area (Å²) in [6, 6.07) is 7.19. The van der Waals surface area contributed by atoms with Crippen molar-refractivity contribution in [2.45, 2.75) is 0 Å². The molecular formula is C6H11N3O4. The summed E-state index contributed by atoms with van der Waals surface area (Å²) >= 11 is 0. The Balaban J connectivity index is 0. The molecule has 0 bridgehead atoms. The molecule has 7 heteroatoms. The molecular weight excluding hydrogens is 178 g/mol. The van der Waals surface area contributed by atoms with Gasteiger partial charge in [0.2, 0.25) is 0 Å². The molecule has 0 aliphatic heterocycles. The minimum atomic E-state index is 0. The zero-order chi connectivity index (χ0) is 6.97. The second-order valence-corrected chi connectivity index (χ2v) is 1.97. The van der Waals surface area contributed by atoms with Gasteiger partial charge in [-0.1, -0.05) is 17.0 Å². The number of aromatic nitrogens is 3. The second-order valence-electron chi connectivity index (χ2n) is 1.97. The van der Waals surface area contributed by atoms with Gasteiger partial charge in [-0.25, -0.2) is 0 Å². The van der Waals surface area contributed by atoms with Gasteiger partial charge < -0.3 is 21.6 Å². The fraction of sp³-hybridized carbons (Fsp3) is 0. The molecule has 2 aromatic rings. The van der Waals surface area contributed by atoms with Crippen LogP contribution in [-0.2, 0) is 0 Å². The number of hydrogen-bond donors (Lipinski definition) is 1. The first-order valence-corrected chi connectivity index (χ1v) is 2.87. The van der Waals surface area contributed by atoms with Crippen LogP contribution in [0.5, 0.6) is 0 Å². The maximum atomic E-state index is 8.95. The number of fused-ring (bicyclic) bond motifs is 1. The van der Waals surface area contributed by atoms with Crippen LogP contribution in [0.3, 0.4) is 0 Å². The number of para-hydroxylation sites is 1. The van der Waals surface area contributed by atoms with Crippen LogP contribution in [0.15, 0.2) is 24.3 Å². The van der Waals surface area contributed by atoms with Crippen molar-refractivity contribution in [3.63, 3.8) is 0 Å². The number of rotatable bonds is 0. The van der Waals surface area contributed by atoms with Crippen molar-refractivity contribution in [1.82, 2.24) is 15.2 Å². The van der Waals surface area contributed by atoms with Crippen molar-refractivity contribution in [3.8, 4) is 0 Å². The van der Waals surface area contributed by atoms with Gasteiger partial charge in [0, 0.05) is 0 Å². The molecule has 0 fully saturated rings. The molecule has 0 unspecified atom stereocenters. The van der Waals surface area contributed by atoms with E-state index in [0.29, 0.717) is 11.0 Å². The monoisotopic (exact) mass is 189 g/mol. The first-order chi connectivity index (χ1) is 4.88. The highest BCUT2D eigenvalue weighted by Gasteiger charge is 1.98. The molecule has 0 radical (unpaired) electrons. The Morgan fingerprint density at radius 2 is 1.69 bits per heavy atom. The standard InChI is InChI=1S/C6H5N3O.3H2O/c10-9-6-4-2-1-3-5(6)7-8-9;;;/h1-4,10H;3*1H2. The Bertz CT molecular complexity index is 361. The van der Waals surface area contributed by atoms with Gasteiger partial charge in [-0.3, -0.25) is 0 Å². The van der Waals surface area contributed by atoms with Crippen LogP contribution >= 0.6 is 0 Å². The van der Waals surface area contributed by atoms with E-state index in [1.54, 1.807) is 12.1 Å². The summed E-state index contributed by atoms with van der Waals surface area (Å²) in [5.41, 5.74) is 1.33. The lowest BCUT2D eigenvalue weighted by atomic mass is 10.3. The van der Waals surface area contributed by atoms with E-state index >= 15 is 0 Å². The lowest BCUT2D eigenvalue weighted by molar-refractivity contribution is 0.155. The van der Waals surface area contributed by atoms with E-state index in [1.807, 2.05) is 12.1 Å². The zero-order valence-electron chi connectivity index (χ0n) is 6.60. The van der Waals surface area contributed by atoms with E-state index in [4.69, 9.17) is 5.21 Å². The second kappa shape index (κ2) is 5.04. The van der Waals surface area contributed by atoms with Gasteiger partial charge in [0.05, 0.1) is 0 Å². The van der Waals surface area contributed by atoms with Crippen LogP contribution in [-0.4, -0.2) is 36.8 Å². The average molecular weight is 189 g/mol. The predicted molar refractivity (Wildman–Crippen MR) is 45.6 cm³/mol. The van der Waals surface area contributed by atoms with Gasteiger partial charge in [0.25, 0.3) is 0 Å². The molecule has 0 amide bonds. The number of nitrogens with zero attached hydrogens (tertiary/aromatic N) is 3. The SMILES string of the molecule is O.O.O.On1nnc2ccccc21. The lowest BCUT2D eigenvalue weighted by Gasteiger charge is -1.85. The third kappa shape index (κ3) is 2.12. The summed E-state index contributed by atoms with van der Waals surface area (Å²) in [6.45, 7) is 0. The maximum absolute atomic E-state index is 8.95. The van der Waals surface area contributed by atoms with Gasteiger partial charge in [-0.2, -0.15) is 0 Å². The summed E-state index contributed by atoms with van der Waals surface area (Å²) in [5.74, 6) is 0. The van der Waals surface area contributed by atoms with Gasteiger partial charge in [-0.15, -0.1) is 5.10 Å². The van der Waals surface area contributed by atoms with Crippen molar-refractivity contribution in [3.05, 3.63) is 24.3 Å². The Hall–Kier alpha value is -1.70. The molecule has 1 heterocycles. The van der Waals surface area contributed by atoms with Crippen molar-refractivity contribution >= 4 is 11.0 Å². The van der Waals surface area contributed by atoms with Crippen LogP contribution in [0.4, 0.5) is 0 Å². The van der Waals surface area contributed by atoms with Crippen LogP contribution in [0.25, 0.3) is 11.0 Å². The minimum absolute atomic E-state index is 0. The zero-order valence-corrected chi connectivity index (χ0v) is 6.60. The molecule has 13 heavy (non-hydrogen) atoms. The van der Waals surface area contributed by atoms with Crippen LogP contribution in [0.2, 0.25) is 0 Å². The fourth-order valence-corrected chi connectivity index (χ4v) is 0.857. The Morgan fingerprint density at radius 1 is 1.08 bits per heavy atom. The molecule has 7 N–H and O–H groups in total. The van der Waals surface area contributed by atoms with Crippen molar-refractivity contribution in [2.24, 2.45) is 0 Å². The molecule has 0 atom stereocenters. The van der Waals surface area contributed by atoms with Crippen molar-refractivity contribution in [2.75, 3.05) is 0 Å². The van der Waals surface area contributed by atoms with E-state index in [2.05, 4.69) is 10.3 Å². The molecule has 0 saturated heterocycles. The highest BCUT2D eigenvalue weighted by molar-refractivity contribution is 5.73. The Kier molecular flexibility index (Phi) is 5.37. The topological polar surface area (TPSA) is 145 Å². The maximum Gasteiger partial charge on any atom is 0.130 e. The first-order valence-electron chi connectivity index (χ1n) is 2.87. The molecule has 2 rings (SSSR count). The molecule has 0 saturated carbocycles. The number of hydrogen-bond acceptors (Lipinski definition) is 3. The smallest absolute Gasteiger partial charge is 0.130 e. The van der Waals surface area contributed by atoms with E-state index in [-0.39, 0.29) is 16.4 Å². The summed E-state index contributed by atoms with van der Waals surface area (Å²) < 4.78 is 0. The van der Waals surface area contributed by atoms with Crippen molar-refractivity contribution in [1.29, 1.82) is 0 Å². The van der Waals surface area contributed by atoms with Crippen LogP contribution in [0.1, 0.15) is 0 Å². The minimum Gasteiger partial charge on any atom is -0.412 e. The molecule has 1 aromatic carbocycles. The predicted octanol–water partition coefficient (Wildman–Crippen LogP) is -1.81. The molecule has 0 aliphatic carbocycles. The third-order valence-corrected chi connectivity index (χ3v) is 1.33. The molecule has 0 aliphatic rings. The van der Waals surface area contributed by atoms with E-state index in [0.717, 1.165) is 4.85 Å². The first kappa shape index (κ1) is 13.9. The molecule has 74 valence electrons. The summed E-state index contributed by atoms with van der Waals surface area (Å²) in [6.07, 6.45) is 0. The molecule has 1 aromatic heterocycles. The highest BCUT2D eigenvalue weighted by Crippen LogP contribution is 2.06. The molecule has 0 spiro atoms. The van der Waals surface area contributed by atoms with Crippen LogP contribution < -0.4 is 0 Å². The average Bonchev–Trinajstić information content (AvgIpc) is 2.34. The normalized spacial score (nSPS) is 8.00. The van der Waals surface area contributed by atoms with Gasteiger partial charge >= 0.3 is 0 Å². The highest BCUT2D eigenvalue weighted by atomic mass is 16.5. The van der Waals surface area contributed by atoms with E-state index < -0.39 is 0 Å². The summed E-state index contributed by atoms with van der Waals surface area (Å²) in [4.78, 5) is 0.759. The fourth-order valence-electron chi connectivity index (χ4n) is 0.857. The van der Waals surface area contributed by atoms with Gasteiger partial charge in [0.1, 0.15) is 11.0 Å². The van der Waals surface area contributed by atoms with E-state index in [1.165, 1.54) is 0 Å². The van der Waals surface area contributed by atoms with E-state index in [9.17, 15) is 0 Å².